The molecule has 1 aliphatic heterocycles. The lowest BCUT2D eigenvalue weighted by atomic mass is 10.0. The number of nitrogens with zero attached hydrogens (tertiary/aromatic N) is 4. The van der Waals surface area contributed by atoms with E-state index in [1.165, 1.54) is 42.6 Å². The molecule has 8 nitrogen and oxygen atoms in total. The van der Waals surface area contributed by atoms with Gasteiger partial charge in [-0.25, -0.2) is 27.9 Å². The highest BCUT2D eigenvalue weighted by atomic mass is 19.1. The summed E-state index contributed by atoms with van der Waals surface area (Å²) < 4.78 is 57.9. The van der Waals surface area contributed by atoms with E-state index in [1.807, 2.05) is 0 Å². The van der Waals surface area contributed by atoms with Gasteiger partial charge in [-0.2, -0.15) is 4.98 Å². The molecule has 0 spiro atoms. The van der Waals surface area contributed by atoms with Gasteiger partial charge < -0.3 is 19.1 Å². The predicted octanol–water partition coefficient (Wildman–Crippen LogP) is 5.88. The molecule has 6 rings (SSSR count). The van der Waals surface area contributed by atoms with Crippen LogP contribution in [0.1, 0.15) is 39.3 Å². The SMILES string of the molecule is Cc1ccc(COc2nccc(-c3cc(F)c(Cc4nc5ccc(C(=O)O)cc5n4C[C@@H]4CCO4)c(F)c3)n2)c(F)c1. The molecular formula is C31H25F3N4O4. The minimum atomic E-state index is -1.08. The molecule has 1 fully saturated rings. The number of rotatable bonds is 9. The number of carboxylic acids is 1. The van der Waals surface area contributed by atoms with Crippen molar-refractivity contribution in [2.75, 3.05) is 6.61 Å². The van der Waals surface area contributed by atoms with Crippen LogP contribution in [0.4, 0.5) is 13.2 Å². The van der Waals surface area contributed by atoms with E-state index in [1.54, 1.807) is 29.7 Å². The highest BCUT2D eigenvalue weighted by Gasteiger charge is 2.24. The third-order valence-electron chi connectivity index (χ3n) is 7.22. The first-order chi connectivity index (χ1) is 20.2. The molecule has 1 saturated heterocycles. The van der Waals surface area contributed by atoms with Gasteiger partial charge in [0.25, 0.3) is 0 Å². The fourth-order valence-corrected chi connectivity index (χ4v) is 4.84. The third kappa shape index (κ3) is 5.55. The van der Waals surface area contributed by atoms with Crippen molar-refractivity contribution in [3.05, 3.63) is 106 Å². The van der Waals surface area contributed by atoms with Crippen LogP contribution in [0.2, 0.25) is 0 Å². The van der Waals surface area contributed by atoms with E-state index in [-0.39, 0.29) is 47.5 Å². The van der Waals surface area contributed by atoms with Gasteiger partial charge >= 0.3 is 12.0 Å². The lowest BCUT2D eigenvalue weighted by Crippen LogP contribution is -2.31. The van der Waals surface area contributed by atoms with Gasteiger partial charge in [0.1, 0.15) is 29.9 Å². The number of carbonyl (C=O) groups is 1. The van der Waals surface area contributed by atoms with Gasteiger partial charge in [-0.15, -0.1) is 0 Å². The molecule has 5 aromatic rings. The van der Waals surface area contributed by atoms with Crippen LogP contribution in [0.3, 0.4) is 0 Å². The maximum atomic E-state index is 15.4. The molecule has 2 aromatic heterocycles. The van der Waals surface area contributed by atoms with Crippen molar-refractivity contribution in [2.45, 2.75) is 39.0 Å². The summed E-state index contributed by atoms with van der Waals surface area (Å²) in [7, 11) is 0. The molecule has 0 saturated carbocycles. The van der Waals surface area contributed by atoms with Crippen molar-refractivity contribution in [1.29, 1.82) is 0 Å². The first-order valence-corrected chi connectivity index (χ1v) is 13.3. The molecule has 1 N–H and O–H groups in total. The Balaban J connectivity index is 1.27. The second kappa shape index (κ2) is 11.2. The number of imidazole rings is 1. The van der Waals surface area contributed by atoms with Gasteiger partial charge in [0.05, 0.1) is 34.9 Å². The summed E-state index contributed by atoms with van der Waals surface area (Å²) in [5.41, 5.74) is 2.47. The van der Waals surface area contributed by atoms with Gasteiger partial charge in [-0.3, -0.25) is 0 Å². The third-order valence-corrected chi connectivity index (χ3v) is 7.22. The number of ether oxygens (including phenoxy) is 2. The average molecular weight is 575 g/mol. The van der Waals surface area contributed by atoms with Crippen LogP contribution in [0.15, 0.2) is 60.8 Å². The minimum Gasteiger partial charge on any atom is -0.478 e. The summed E-state index contributed by atoms with van der Waals surface area (Å²) in [6, 6.07) is 13.1. The highest BCUT2D eigenvalue weighted by Crippen LogP contribution is 2.28. The number of fused-ring (bicyclic) bond motifs is 1. The Bertz CT molecular complexity index is 1800. The van der Waals surface area contributed by atoms with Crippen molar-refractivity contribution >= 4 is 17.0 Å². The molecule has 42 heavy (non-hydrogen) atoms. The van der Waals surface area contributed by atoms with Crippen molar-refractivity contribution in [3.8, 4) is 17.3 Å². The average Bonchev–Trinajstić information content (AvgIpc) is 3.28. The van der Waals surface area contributed by atoms with E-state index in [0.717, 1.165) is 12.0 Å². The summed E-state index contributed by atoms with van der Waals surface area (Å²) >= 11 is 0. The van der Waals surface area contributed by atoms with Crippen LogP contribution in [-0.4, -0.2) is 43.3 Å². The number of hydrogen-bond donors (Lipinski definition) is 1. The summed E-state index contributed by atoms with van der Waals surface area (Å²) in [5.74, 6) is -2.70. The summed E-state index contributed by atoms with van der Waals surface area (Å²) in [6.45, 7) is 2.67. The first-order valence-electron chi connectivity index (χ1n) is 13.3. The zero-order chi connectivity index (χ0) is 29.4. The van der Waals surface area contributed by atoms with Crippen molar-refractivity contribution in [2.24, 2.45) is 0 Å². The number of halogens is 3. The number of hydrogen-bond acceptors (Lipinski definition) is 6. The van der Waals surface area contributed by atoms with Gasteiger partial charge in [0.2, 0.25) is 0 Å². The molecular weight excluding hydrogens is 549 g/mol. The Labute approximate surface area is 238 Å². The molecule has 0 amide bonds. The van der Waals surface area contributed by atoms with Crippen molar-refractivity contribution < 1.29 is 32.5 Å². The lowest BCUT2D eigenvalue weighted by Gasteiger charge is -2.27. The fourth-order valence-electron chi connectivity index (χ4n) is 4.84. The zero-order valence-corrected chi connectivity index (χ0v) is 22.5. The van der Waals surface area contributed by atoms with E-state index in [2.05, 4.69) is 15.0 Å². The van der Waals surface area contributed by atoms with Gasteiger partial charge in [-0.05, 0) is 61.4 Å². The molecule has 3 aromatic carbocycles. The molecule has 1 aliphatic rings. The number of benzene rings is 3. The van der Waals surface area contributed by atoms with Gasteiger partial charge in [-0.1, -0.05) is 12.1 Å². The monoisotopic (exact) mass is 574 g/mol. The Morgan fingerprint density at radius 2 is 1.83 bits per heavy atom. The molecule has 214 valence electrons. The van der Waals surface area contributed by atoms with E-state index >= 15 is 8.78 Å². The summed E-state index contributed by atoms with van der Waals surface area (Å²) in [6.07, 6.45) is 1.95. The van der Waals surface area contributed by atoms with Crippen molar-refractivity contribution in [1.82, 2.24) is 19.5 Å². The van der Waals surface area contributed by atoms with Crippen LogP contribution >= 0.6 is 0 Å². The molecule has 1 atom stereocenters. The smallest absolute Gasteiger partial charge is 0.335 e. The summed E-state index contributed by atoms with van der Waals surface area (Å²) in [4.78, 5) is 24.4. The molecule has 3 heterocycles. The summed E-state index contributed by atoms with van der Waals surface area (Å²) in [5, 5.41) is 9.44. The Morgan fingerprint density at radius 3 is 2.52 bits per heavy atom. The normalized spacial score (nSPS) is 14.6. The predicted molar refractivity (Wildman–Crippen MR) is 147 cm³/mol. The largest absolute Gasteiger partial charge is 0.478 e. The molecule has 0 aliphatic carbocycles. The van der Waals surface area contributed by atoms with E-state index < -0.39 is 23.4 Å². The van der Waals surface area contributed by atoms with Crippen LogP contribution in [0, 0.1) is 24.4 Å². The molecule has 0 bridgehead atoms. The maximum Gasteiger partial charge on any atom is 0.335 e. The van der Waals surface area contributed by atoms with E-state index in [4.69, 9.17) is 9.47 Å². The van der Waals surface area contributed by atoms with Crippen LogP contribution in [-0.2, 0) is 24.3 Å². The number of aryl methyl sites for hydroxylation is 1. The quantitative estimate of drug-likeness (QED) is 0.235. The van der Waals surface area contributed by atoms with Crippen LogP contribution in [0.5, 0.6) is 6.01 Å². The van der Waals surface area contributed by atoms with Gasteiger partial charge in [0, 0.05) is 35.9 Å². The van der Waals surface area contributed by atoms with Crippen LogP contribution in [0.25, 0.3) is 22.3 Å². The van der Waals surface area contributed by atoms with Crippen molar-refractivity contribution in [3.63, 3.8) is 0 Å². The second-order valence-electron chi connectivity index (χ2n) is 10.1. The zero-order valence-electron chi connectivity index (χ0n) is 22.5. The fraction of sp³-hybridized carbons (Fsp3) is 0.226. The van der Waals surface area contributed by atoms with E-state index in [9.17, 15) is 14.3 Å². The highest BCUT2D eigenvalue weighted by molar-refractivity contribution is 5.92. The topological polar surface area (TPSA) is 99.4 Å². The molecule has 0 unspecified atom stereocenters. The van der Waals surface area contributed by atoms with Gasteiger partial charge in [0.15, 0.2) is 0 Å². The minimum absolute atomic E-state index is 0.0648. The Morgan fingerprint density at radius 1 is 1.05 bits per heavy atom. The number of aromatic carboxylic acids is 1. The Hall–Kier alpha value is -4.77. The lowest BCUT2D eigenvalue weighted by molar-refractivity contribution is -0.0589. The van der Waals surface area contributed by atoms with E-state index in [0.29, 0.717) is 35.6 Å². The second-order valence-corrected chi connectivity index (χ2v) is 10.1. The standard InChI is InChI=1S/C31H25F3N4O4/c1-17-2-3-19(23(32)10-17)16-42-31-35-8-6-26(37-31)20-11-24(33)22(25(34)12-20)14-29-36-27-5-4-18(30(39)40)13-28(27)38(29)15-21-7-9-41-21/h2-6,8,10-13,21H,7,9,14-16H2,1H3,(H,39,40)/t21-/m0/s1. The maximum absolute atomic E-state index is 15.4. The Kier molecular flexibility index (Phi) is 7.34. The number of aromatic nitrogens is 4. The van der Waals surface area contributed by atoms with Crippen LogP contribution < -0.4 is 4.74 Å². The molecule has 11 heteroatoms. The first kappa shape index (κ1) is 27.4. The molecule has 0 radical (unpaired) electrons. The number of carboxylic acid groups (broad SMARTS) is 1.